The van der Waals surface area contributed by atoms with E-state index in [0.29, 0.717) is 5.56 Å². The van der Waals surface area contributed by atoms with Crippen LogP contribution in [0.25, 0.3) is 0 Å². The summed E-state index contributed by atoms with van der Waals surface area (Å²) >= 11 is 1.28. The maximum Gasteiger partial charge on any atom is 0.333 e. The summed E-state index contributed by atoms with van der Waals surface area (Å²) in [5, 5.41) is 0.671. The van der Waals surface area contributed by atoms with Gasteiger partial charge in [0, 0.05) is 4.75 Å². The third-order valence-electron chi connectivity index (χ3n) is 8.80. The first-order valence-corrected chi connectivity index (χ1v) is 16.8. The van der Waals surface area contributed by atoms with Crippen LogP contribution in [0.15, 0.2) is 30.3 Å². The first-order valence-electron chi connectivity index (χ1n) is 14.3. The van der Waals surface area contributed by atoms with E-state index in [-0.39, 0.29) is 0 Å². The molecule has 0 aromatic heterocycles. The van der Waals surface area contributed by atoms with Crippen molar-refractivity contribution in [2.45, 2.75) is 72.1 Å². The van der Waals surface area contributed by atoms with Gasteiger partial charge in [0.2, 0.25) is 24.5 Å². The van der Waals surface area contributed by atoms with Crippen LogP contribution in [0.5, 0.6) is 0 Å². The van der Waals surface area contributed by atoms with E-state index in [1.54, 1.807) is 44.2 Å². The number of nitrogens with one attached hydrogen (secondary N) is 1. The van der Waals surface area contributed by atoms with E-state index in [4.69, 9.17) is 25.7 Å². The lowest BCUT2D eigenvalue weighted by Gasteiger charge is -2.44. The van der Waals surface area contributed by atoms with Gasteiger partial charge in [-0.25, -0.2) is 18.0 Å². The quantitative estimate of drug-likeness (QED) is 0.140. The lowest BCUT2D eigenvalue weighted by Crippen LogP contribution is -2.71. The number of benzene rings is 1. The highest BCUT2D eigenvalue weighted by atomic mass is 32.2. The van der Waals surface area contributed by atoms with Gasteiger partial charge in [0.15, 0.2) is 15.2 Å². The maximum atomic E-state index is 13.3. The van der Waals surface area contributed by atoms with Gasteiger partial charge < -0.3 is 40.8 Å². The summed E-state index contributed by atoms with van der Waals surface area (Å²) in [5.41, 5.74) is 11.8. The molecule has 7 atom stereocenters. The van der Waals surface area contributed by atoms with Crippen molar-refractivity contribution < 1.29 is 51.4 Å². The van der Waals surface area contributed by atoms with Gasteiger partial charge in [0.1, 0.15) is 42.1 Å². The van der Waals surface area contributed by atoms with Crippen molar-refractivity contribution in [3.05, 3.63) is 35.9 Å². The number of esters is 3. The van der Waals surface area contributed by atoms with Crippen LogP contribution in [0.2, 0.25) is 0 Å². The Bertz CT molecular complexity index is 1580. The number of carbonyl (C=O) groups is 6. The molecule has 0 spiro atoms. The third kappa shape index (κ3) is 5.20. The number of hydrogen-bond donors (Lipinski definition) is 3. The fourth-order valence-corrected chi connectivity index (χ4v) is 10.2. The SMILES string of the molecule is CC1(C)S[C@@H]2C(NC(=O)C(N)c3ccccc3)C(=O)N2[C@H]1C(=O)OCOC(=O)[C@@H]1N2C(=O)[C@@H](COC(=O)CN)[C@H]2S(=O)(=O)C1(C)C. The van der Waals surface area contributed by atoms with E-state index in [1.165, 1.54) is 30.5 Å². The zero-order valence-corrected chi connectivity index (χ0v) is 27.0. The molecule has 0 saturated carbocycles. The predicted octanol–water partition coefficient (Wildman–Crippen LogP) is -1.86. The van der Waals surface area contributed by atoms with Crippen molar-refractivity contribution in [1.29, 1.82) is 0 Å². The fourth-order valence-electron chi connectivity index (χ4n) is 6.27. The van der Waals surface area contributed by atoms with Gasteiger partial charge in [-0.2, -0.15) is 0 Å². The highest BCUT2D eigenvalue weighted by Crippen LogP contribution is 2.51. The third-order valence-corrected chi connectivity index (χ3v) is 13.3. The van der Waals surface area contributed by atoms with E-state index >= 15 is 0 Å². The smallest absolute Gasteiger partial charge is 0.333 e. The first kappa shape index (κ1) is 33.6. The largest absolute Gasteiger partial charge is 0.464 e. The summed E-state index contributed by atoms with van der Waals surface area (Å²) in [7, 11) is -4.12. The van der Waals surface area contributed by atoms with Gasteiger partial charge in [0.25, 0.3) is 0 Å². The van der Waals surface area contributed by atoms with Gasteiger partial charge >= 0.3 is 17.9 Å². The van der Waals surface area contributed by atoms with E-state index in [0.717, 1.165) is 4.90 Å². The number of β-lactam (4-membered cyclic amide) rings is 2. The molecule has 1 aromatic carbocycles. The number of ether oxygens (including phenoxy) is 3. The van der Waals surface area contributed by atoms with Crippen LogP contribution in [0.4, 0.5) is 0 Å². The average molecular weight is 682 g/mol. The van der Waals surface area contributed by atoms with Crippen molar-refractivity contribution in [3.8, 4) is 0 Å². The zero-order chi connectivity index (χ0) is 33.9. The van der Waals surface area contributed by atoms with Crippen LogP contribution in [0.3, 0.4) is 0 Å². The molecule has 5 rings (SSSR count). The summed E-state index contributed by atoms with van der Waals surface area (Å²) < 4.78 is 39.1. The number of nitrogens with zero attached hydrogens (tertiary/aromatic N) is 2. The molecule has 3 amide bonds. The van der Waals surface area contributed by atoms with Crippen molar-refractivity contribution in [3.63, 3.8) is 0 Å². The van der Waals surface area contributed by atoms with Gasteiger partial charge in [-0.1, -0.05) is 30.3 Å². The van der Waals surface area contributed by atoms with Crippen LogP contribution in [0, 0.1) is 5.92 Å². The van der Waals surface area contributed by atoms with Crippen LogP contribution in [-0.4, -0.2) is 112 Å². The summed E-state index contributed by atoms with van der Waals surface area (Å²) in [6.07, 6.45) is 0. The molecule has 250 valence electrons. The predicted molar refractivity (Wildman–Crippen MR) is 159 cm³/mol. The highest BCUT2D eigenvalue weighted by Gasteiger charge is 2.72. The van der Waals surface area contributed by atoms with Gasteiger partial charge in [-0.05, 0) is 33.3 Å². The minimum atomic E-state index is -4.12. The fraction of sp³-hybridized carbons (Fsp3) is 0.571. The normalized spacial score (nSPS) is 30.2. The van der Waals surface area contributed by atoms with Crippen molar-refractivity contribution in [1.82, 2.24) is 15.1 Å². The number of rotatable bonds is 10. The lowest BCUT2D eigenvalue weighted by molar-refractivity contribution is -0.183. The van der Waals surface area contributed by atoms with Gasteiger partial charge in [-0.3, -0.25) is 19.2 Å². The number of amides is 3. The molecule has 18 heteroatoms. The second-order valence-electron chi connectivity index (χ2n) is 12.4. The number of thioether (sulfide) groups is 1. The van der Waals surface area contributed by atoms with Gasteiger partial charge in [0.05, 0.1) is 11.3 Å². The topological polar surface area (TPSA) is 235 Å². The first-order chi connectivity index (χ1) is 21.5. The molecule has 4 aliphatic heterocycles. The van der Waals surface area contributed by atoms with E-state index < -0.39 is 116 Å². The molecule has 4 fully saturated rings. The molecule has 16 nitrogen and oxygen atoms in total. The Morgan fingerprint density at radius 1 is 0.957 bits per heavy atom. The van der Waals surface area contributed by atoms with E-state index in [1.807, 2.05) is 0 Å². The van der Waals surface area contributed by atoms with E-state index in [2.05, 4.69) is 5.32 Å². The van der Waals surface area contributed by atoms with E-state index in [9.17, 15) is 37.2 Å². The molecule has 4 saturated heterocycles. The molecule has 1 aromatic rings. The number of carbonyl (C=O) groups excluding carboxylic acids is 6. The van der Waals surface area contributed by atoms with Crippen LogP contribution in [-0.2, 0) is 52.8 Å². The Morgan fingerprint density at radius 3 is 2.17 bits per heavy atom. The molecule has 4 aliphatic rings. The monoisotopic (exact) mass is 681 g/mol. The standard InChI is InChI=1S/C28H35N5O11S2/c1-27(2)18(32-22(37)17(23(32)45-27)31-20(35)16(30)13-8-6-5-7-9-13)25(38)43-12-44-26(39)19-28(3,4)46(40,41)24-14(21(36)33(19)24)11-42-15(34)10-29/h5-9,14,16-19,23-24H,10-12,29-30H2,1-4H3,(H,31,35)/t14-,16?,17?,18+,19+,23-,24-/m1/s1. The summed E-state index contributed by atoms with van der Waals surface area (Å²) in [6, 6.07) is 4.07. The Hall–Kier alpha value is -3.74. The minimum Gasteiger partial charge on any atom is -0.464 e. The van der Waals surface area contributed by atoms with Crippen molar-refractivity contribution in [2.75, 3.05) is 19.9 Å². The van der Waals surface area contributed by atoms with Crippen molar-refractivity contribution >= 4 is 57.2 Å². The Kier molecular flexibility index (Phi) is 8.63. The molecule has 4 heterocycles. The Labute approximate surface area is 268 Å². The molecule has 0 aliphatic carbocycles. The number of hydrogen-bond acceptors (Lipinski definition) is 14. The maximum absolute atomic E-state index is 13.3. The number of fused-ring (bicyclic) bond motifs is 2. The molecule has 0 bridgehead atoms. The molecular weight excluding hydrogens is 646 g/mol. The van der Waals surface area contributed by atoms with Crippen molar-refractivity contribution in [2.24, 2.45) is 17.4 Å². The molecule has 5 N–H and O–H groups in total. The number of sulfone groups is 1. The van der Waals surface area contributed by atoms with Gasteiger partial charge in [-0.15, -0.1) is 11.8 Å². The Balaban J connectivity index is 1.19. The highest BCUT2D eigenvalue weighted by molar-refractivity contribution is 8.01. The summed E-state index contributed by atoms with van der Waals surface area (Å²) in [6.45, 7) is 4.10. The van der Waals surface area contributed by atoms with Crippen LogP contribution >= 0.6 is 11.8 Å². The molecule has 2 unspecified atom stereocenters. The minimum absolute atomic E-state index is 0.453. The Morgan fingerprint density at radius 2 is 1.57 bits per heavy atom. The molecule has 0 radical (unpaired) electrons. The number of nitrogens with two attached hydrogens (primary N) is 2. The second kappa shape index (κ2) is 11.8. The van der Waals surface area contributed by atoms with Crippen LogP contribution < -0.4 is 16.8 Å². The molecular formula is C28H35N5O11S2. The molecule has 46 heavy (non-hydrogen) atoms. The average Bonchev–Trinajstić information content (AvgIpc) is 3.34. The summed E-state index contributed by atoms with van der Waals surface area (Å²) in [4.78, 5) is 78.6. The zero-order valence-electron chi connectivity index (χ0n) is 25.4. The van der Waals surface area contributed by atoms with Crippen LogP contribution in [0.1, 0.15) is 39.3 Å². The summed E-state index contributed by atoms with van der Waals surface area (Å²) in [5.74, 6) is -5.81. The lowest BCUT2D eigenvalue weighted by atomic mass is 9.92. The second-order valence-corrected chi connectivity index (χ2v) is 16.8.